The smallest absolute Gasteiger partial charge is 0.274 e. The Morgan fingerprint density at radius 1 is 0.811 bits per heavy atom. The molecule has 2 N–H and O–H groups in total. The Hall–Kier alpha value is -4.79. The van der Waals surface area contributed by atoms with Gasteiger partial charge in [0.25, 0.3) is 5.91 Å². The Bertz CT molecular complexity index is 1350. The van der Waals surface area contributed by atoms with Gasteiger partial charge in [0.15, 0.2) is 0 Å². The molecule has 0 aliphatic carbocycles. The molecule has 0 aliphatic rings. The van der Waals surface area contributed by atoms with Gasteiger partial charge in [-0.05, 0) is 47.5 Å². The van der Waals surface area contributed by atoms with Gasteiger partial charge in [-0.15, -0.1) is 5.10 Å². The fraction of sp³-hybridized carbons (Fsp3) is 0.179. The molecule has 1 heterocycles. The molecule has 190 valence electrons. The largest absolute Gasteiger partial charge is 0.497 e. The van der Waals surface area contributed by atoms with Crippen LogP contribution in [0.2, 0.25) is 0 Å². The molecular weight excluding hydrogens is 470 g/mol. The van der Waals surface area contributed by atoms with Crippen LogP contribution in [0.5, 0.6) is 17.2 Å². The molecule has 0 unspecified atom stereocenters. The van der Waals surface area contributed by atoms with E-state index < -0.39 is 0 Å². The van der Waals surface area contributed by atoms with Crippen LogP contribution >= 0.6 is 0 Å². The Kier molecular flexibility index (Phi) is 8.38. The summed E-state index contributed by atoms with van der Waals surface area (Å²) in [5, 5.41) is 10.8. The number of nitrogens with zero attached hydrogens (tertiary/aromatic N) is 3. The quantitative estimate of drug-likeness (QED) is 0.282. The van der Waals surface area contributed by atoms with Gasteiger partial charge in [0.1, 0.15) is 17.2 Å². The van der Waals surface area contributed by atoms with E-state index in [0.717, 1.165) is 28.2 Å². The average Bonchev–Trinajstić information content (AvgIpc) is 3.37. The molecule has 0 radical (unpaired) electrons. The molecule has 4 aromatic rings. The van der Waals surface area contributed by atoms with Crippen LogP contribution in [0.4, 0.5) is 11.9 Å². The maximum Gasteiger partial charge on any atom is 0.274 e. The summed E-state index contributed by atoms with van der Waals surface area (Å²) in [4.78, 5) is 17.6. The summed E-state index contributed by atoms with van der Waals surface area (Å²) in [6.45, 7) is 0.932. The van der Waals surface area contributed by atoms with E-state index >= 15 is 0 Å². The molecule has 0 aliphatic heterocycles. The molecule has 3 aromatic carbocycles. The molecule has 0 amide bonds. The Morgan fingerprint density at radius 2 is 1.41 bits per heavy atom. The fourth-order valence-electron chi connectivity index (χ4n) is 3.54. The SMILES string of the molecule is COc1ccc(CNc2nc(NCc3ccc(OC)cc3)n(C(=O)C=Cc3ccccc3OC)n2)cc1. The highest BCUT2D eigenvalue weighted by Gasteiger charge is 2.15. The topological polar surface area (TPSA) is 99.5 Å². The van der Waals surface area contributed by atoms with Gasteiger partial charge in [-0.3, -0.25) is 4.79 Å². The van der Waals surface area contributed by atoms with Crippen LogP contribution in [-0.2, 0) is 13.1 Å². The van der Waals surface area contributed by atoms with Gasteiger partial charge in [-0.2, -0.15) is 9.67 Å². The predicted octanol–water partition coefficient (Wildman–Crippen LogP) is 4.88. The summed E-state index contributed by atoms with van der Waals surface area (Å²) < 4.78 is 17.0. The van der Waals surface area contributed by atoms with Gasteiger partial charge in [0.05, 0.1) is 21.3 Å². The van der Waals surface area contributed by atoms with Crippen LogP contribution in [0, 0.1) is 0 Å². The van der Waals surface area contributed by atoms with E-state index in [0.29, 0.717) is 30.7 Å². The van der Waals surface area contributed by atoms with Gasteiger partial charge in [-0.1, -0.05) is 42.5 Å². The standard InChI is InChI=1S/C28H29N5O4/c1-35-23-13-8-20(9-14-23)18-29-27-31-28(30-19-21-10-15-24(36-2)16-11-21)33(32-27)26(34)17-12-22-6-4-5-7-25(22)37-3/h4-17H,18-19H2,1-3H3,(H2,29,30,31,32). The van der Waals surface area contributed by atoms with E-state index in [1.807, 2.05) is 72.8 Å². The first-order valence-electron chi connectivity index (χ1n) is 11.7. The van der Waals surface area contributed by atoms with Gasteiger partial charge in [0.2, 0.25) is 11.9 Å². The van der Waals surface area contributed by atoms with E-state index in [1.165, 1.54) is 10.8 Å². The van der Waals surface area contributed by atoms with Crippen LogP contribution in [0.1, 0.15) is 21.5 Å². The van der Waals surface area contributed by atoms with E-state index in [-0.39, 0.29) is 5.91 Å². The van der Waals surface area contributed by atoms with Crippen molar-refractivity contribution in [2.75, 3.05) is 32.0 Å². The van der Waals surface area contributed by atoms with Gasteiger partial charge >= 0.3 is 0 Å². The molecule has 0 atom stereocenters. The number of anilines is 2. The molecule has 0 saturated heterocycles. The first-order valence-corrected chi connectivity index (χ1v) is 11.7. The minimum Gasteiger partial charge on any atom is -0.497 e. The monoisotopic (exact) mass is 499 g/mol. The summed E-state index contributed by atoms with van der Waals surface area (Å²) in [7, 11) is 4.85. The number of allylic oxidation sites excluding steroid dienone is 1. The van der Waals surface area contributed by atoms with Crippen LogP contribution in [0.3, 0.4) is 0 Å². The molecule has 9 nitrogen and oxygen atoms in total. The Morgan fingerprint density at radius 3 is 2.00 bits per heavy atom. The zero-order valence-corrected chi connectivity index (χ0v) is 21.0. The minimum absolute atomic E-state index is 0.322. The van der Waals surface area contributed by atoms with Crippen LogP contribution in [0.25, 0.3) is 6.08 Å². The first-order chi connectivity index (χ1) is 18.1. The predicted molar refractivity (Wildman–Crippen MR) is 143 cm³/mol. The second-order valence-electron chi connectivity index (χ2n) is 7.99. The number of ether oxygens (including phenoxy) is 3. The normalized spacial score (nSPS) is 10.8. The number of nitrogens with one attached hydrogen (secondary N) is 2. The molecule has 0 bridgehead atoms. The number of carbonyl (C=O) groups excluding carboxylic acids is 1. The zero-order chi connectivity index (χ0) is 26.0. The second-order valence-corrected chi connectivity index (χ2v) is 7.99. The van der Waals surface area contributed by atoms with Crippen molar-refractivity contribution in [1.82, 2.24) is 14.8 Å². The average molecular weight is 500 g/mol. The number of hydrogen-bond donors (Lipinski definition) is 2. The Labute approximate surface area is 215 Å². The van der Waals surface area contributed by atoms with Crippen molar-refractivity contribution in [1.29, 1.82) is 0 Å². The lowest BCUT2D eigenvalue weighted by Gasteiger charge is -2.07. The number of aromatic nitrogens is 3. The first kappa shape index (κ1) is 25.3. The maximum absolute atomic E-state index is 13.1. The molecular formula is C28H29N5O4. The number of rotatable bonds is 11. The number of methoxy groups -OCH3 is 3. The van der Waals surface area contributed by atoms with Crippen molar-refractivity contribution in [2.24, 2.45) is 0 Å². The van der Waals surface area contributed by atoms with Crippen molar-refractivity contribution in [3.05, 3.63) is 95.6 Å². The van der Waals surface area contributed by atoms with Gasteiger partial charge in [-0.25, -0.2) is 0 Å². The van der Waals surface area contributed by atoms with Crippen LogP contribution in [-0.4, -0.2) is 42.0 Å². The molecule has 1 aromatic heterocycles. The number of benzene rings is 3. The molecule has 4 rings (SSSR count). The highest BCUT2D eigenvalue weighted by atomic mass is 16.5. The van der Waals surface area contributed by atoms with Crippen molar-refractivity contribution in [2.45, 2.75) is 13.1 Å². The Balaban J connectivity index is 1.53. The molecule has 0 spiro atoms. The molecule has 0 saturated carbocycles. The third kappa shape index (κ3) is 6.66. The lowest BCUT2D eigenvalue weighted by molar-refractivity contribution is 0.0957. The lowest BCUT2D eigenvalue weighted by atomic mass is 10.2. The molecule has 0 fully saturated rings. The fourth-order valence-corrected chi connectivity index (χ4v) is 3.54. The second kappa shape index (κ2) is 12.3. The van der Waals surface area contributed by atoms with Crippen LogP contribution in [0.15, 0.2) is 78.9 Å². The number of carbonyl (C=O) groups is 1. The minimum atomic E-state index is -0.354. The van der Waals surface area contributed by atoms with E-state index in [1.54, 1.807) is 27.4 Å². The third-order valence-corrected chi connectivity index (χ3v) is 5.58. The van der Waals surface area contributed by atoms with Gasteiger partial charge < -0.3 is 24.8 Å². The van der Waals surface area contributed by atoms with Gasteiger partial charge in [0, 0.05) is 24.7 Å². The van der Waals surface area contributed by atoms with E-state index in [9.17, 15) is 4.79 Å². The van der Waals surface area contributed by atoms with Crippen molar-refractivity contribution in [3.8, 4) is 17.2 Å². The molecule has 37 heavy (non-hydrogen) atoms. The summed E-state index contributed by atoms with van der Waals surface area (Å²) in [6, 6.07) is 22.8. The van der Waals surface area contributed by atoms with Crippen molar-refractivity contribution >= 4 is 23.9 Å². The summed E-state index contributed by atoms with van der Waals surface area (Å²) in [5.74, 6) is 2.52. The summed E-state index contributed by atoms with van der Waals surface area (Å²) >= 11 is 0. The molecule has 9 heteroatoms. The number of para-hydroxylation sites is 1. The van der Waals surface area contributed by atoms with E-state index in [2.05, 4.69) is 20.7 Å². The number of hydrogen-bond acceptors (Lipinski definition) is 8. The maximum atomic E-state index is 13.1. The van der Waals surface area contributed by atoms with Crippen molar-refractivity contribution in [3.63, 3.8) is 0 Å². The highest BCUT2D eigenvalue weighted by molar-refractivity contribution is 5.95. The summed E-state index contributed by atoms with van der Waals surface area (Å²) in [6.07, 6.45) is 3.14. The van der Waals surface area contributed by atoms with Crippen LogP contribution < -0.4 is 24.8 Å². The third-order valence-electron chi connectivity index (χ3n) is 5.58. The highest BCUT2D eigenvalue weighted by Crippen LogP contribution is 2.20. The zero-order valence-electron chi connectivity index (χ0n) is 21.0. The lowest BCUT2D eigenvalue weighted by Crippen LogP contribution is -2.14. The van der Waals surface area contributed by atoms with Crippen molar-refractivity contribution < 1.29 is 19.0 Å². The summed E-state index contributed by atoms with van der Waals surface area (Å²) in [5.41, 5.74) is 2.80. The van der Waals surface area contributed by atoms with E-state index in [4.69, 9.17) is 14.2 Å².